The van der Waals surface area contributed by atoms with Crippen LogP contribution in [0.25, 0.3) is 0 Å². The Kier molecular flexibility index (Phi) is 4.16. The molecule has 4 heteroatoms. The van der Waals surface area contributed by atoms with Crippen LogP contribution in [0.1, 0.15) is 43.2 Å². The molecule has 110 valence electrons. The molecular formula is C16H25NO2Si. The molecule has 1 aromatic heterocycles. The fourth-order valence-corrected chi connectivity index (χ4v) is 3.34. The van der Waals surface area contributed by atoms with E-state index in [1.807, 2.05) is 12.1 Å². The number of pyridine rings is 1. The topological polar surface area (TPSA) is 39.2 Å². The molecule has 0 radical (unpaired) electrons. The van der Waals surface area contributed by atoms with Crippen LogP contribution in [0.15, 0.2) is 18.3 Å². The minimum absolute atomic E-state index is 0.163. The van der Waals surface area contributed by atoms with Crippen LogP contribution < -0.4 is 0 Å². The third-order valence-corrected chi connectivity index (χ3v) is 9.12. The Morgan fingerprint density at radius 1 is 1.35 bits per heavy atom. The van der Waals surface area contributed by atoms with Crippen molar-refractivity contribution in [3.8, 4) is 0 Å². The second-order valence-electron chi connectivity index (χ2n) is 7.28. The molecule has 0 saturated carbocycles. The zero-order valence-electron chi connectivity index (χ0n) is 13.2. The van der Waals surface area contributed by atoms with Gasteiger partial charge in [-0.25, -0.2) is 0 Å². The van der Waals surface area contributed by atoms with Crippen LogP contribution in [0.4, 0.5) is 0 Å². The van der Waals surface area contributed by atoms with E-state index >= 15 is 0 Å². The van der Waals surface area contributed by atoms with Crippen molar-refractivity contribution in [2.24, 2.45) is 5.92 Å². The molecular weight excluding hydrogens is 266 g/mol. The van der Waals surface area contributed by atoms with Gasteiger partial charge in [-0.1, -0.05) is 26.8 Å². The van der Waals surface area contributed by atoms with Gasteiger partial charge >= 0.3 is 0 Å². The van der Waals surface area contributed by atoms with Crippen molar-refractivity contribution < 1.29 is 9.22 Å². The molecule has 1 atom stereocenters. The Morgan fingerprint density at radius 2 is 2.05 bits per heavy atom. The third-order valence-electron chi connectivity index (χ3n) is 4.62. The first-order valence-electron chi connectivity index (χ1n) is 7.32. The van der Waals surface area contributed by atoms with E-state index in [-0.39, 0.29) is 10.8 Å². The molecule has 0 spiro atoms. The summed E-state index contributed by atoms with van der Waals surface area (Å²) in [5.74, 6) is 0.462. The molecule has 1 aliphatic rings. The first kappa shape index (κ1) is 15.4. The number of aromatic nitrogens is 1. The lowest BCUT2D eigenvalue weighted by Gasteiger charge is -2.37. The van der Waals surface area contributed by atoms with Crippen LogP contribution in [0, 0.1) is 5.92 Å². The van der Waals surface area contributed by atoms with Gasteiger partial charge in [0.2, 0.25) is 0 Å². The van der Waals surface area contributed by atoms with Crippen molar-refractivity contribution in [2.45, 2.75) is 51.7 Å². The molecule has 1 aliphatic carbocycles. The Morgan fingerprint density at radius 3 is 2.70 bits per heavy atom. The summed E-state index contributed by atoms with van der Waals surface area (Å²) in [4.78, 5) is 16.3. The third kappa shape index (κ3) is 3.18. The van der Waals surface area contributed by atoms with Gasteiger partial charge in [0, 0.05) is 19.2 Å². The Bertz CT molecular complexity index is 505. The molecule has 0 fully saturated rings. The highest BCUT2D eigenvalue weighted by atomic mass is 28.4. The van der Waals surface area contributed by atoms with E-state index in [1.165, 1.54) is 0 Å². The summed E-state index contributed by atoms with van der Waals surface area (Å²) in [5, 5.41) is 0.213. The van der Waals surface area contributed by atoms with E-state index in [0.29, 0.717) is 24.6 Å². The maximum absolute atomic E-state index is 12.1. The molecule has 0 amide bonds. The van der Waals surface area contributed by atoms with Gasteiger partial charge in [0.15, 0.2) is 14.1 Å². The van der Waals surface area contributed by atoms with Crippen molar-refractivity contribution in [2.75, 3.05) is 6.61 Å². The summed E-state index contributed by atoms with van der Waals surface area (Å²) in [6.45, 7) is 11.9. The molecule has 0 saturated heterocycles. The SMILES string of the molecule is CC(C)(C)[Si](C)(C)OC[C@@H]1CC(=O)c2ncccc2C1. The van der Waals surface area contributed by atoms with E-state index in [0.717, 1.165) is 12.0 Å². The summed E-state index contributed by atoms with van der Waals surface area (Å²) < 4.78 is 6.26. The number of hydrogen-bond acceptors (Lipinski definition) is 3. The molecule has 0 aliphatic heterocycles. The molecule has 1 aromatic rings. The lowest BCUT2D eigenvalue weighted by Crippen LogP contribution is -2.42. The van der Waals surface area contributed by atoms with E-state index < -0.39 is 8.32 Å². The number of nitrogens with zero attached hydrogens (tertiary/aromatic N) is 1. The van der Waals surface area contributed by atoms with Gasteiger partial charge in [0.25, 0.3) is 0 Å². The number of hydrogen-bond donors (Lipinski definition) is 0. The van der Waals surface area contributed by atoms with Crippen LogP contribution in [0.2, 0.25) is 18.1 Å². The standard InChI is InChI=1S/C16H25NO2Si/c1-16(2,3)20(4,5)19-11-12-9-13-7-6-8-17-15(13)14(18)10-12/h6-8,12H,9-11H2,1-5H3/t12-/m0/s1. The van der Waals surface area contributed by atoms with Crippen molar-refractivity contribution in [3.63, 3.8) is 0 Å². The smallest absolute Gasteiger partial charge is 0.191 e. The van der Waals surface area contributed by atoms with Gasteiger partial charge in [-0.3, -0.25) is 9.78 Å². The van der Waals surface area contributed by atoms with E-state index in [2.05, 4.69) is 38.8 Å². The number of Topliss-reactive ketones (excluding diaryl/α,β-unsaturated/α-hetero) is 1. The number of ketones is 1. The van der Waals surface area contributed by atoms with Crippen LogP contribution in [0.5, 0.6) is 0 Å². The van der Waals surface area contributed by atoms with Gasteiger partial charge in [-0.2, -0.15) is 0 Å². The van der Waals surface area contributed by atoms with Crippen molar-refractivity contribution in [1.82, 2.24) is 4.98 Å². The first-order chi connectivity index (χ1) is 9.21. The average Bonchev–Trinajstić information content (AvgIpc) is 2.35. The molecule has 20 heavy (non-hydrogen) atoms. The minimum Gasteiger partial charge on any atom is -0.417 e. The monoisotopic (exact) mass is 291 g/mol. The normalized spacial score (nSPS) is 19.9. The minimum atomic E-state index is -1.73. The van der Waals surface area contributed by atoms with Crippen molar-refractivity contribution in [1.29, 1.82) is 0 Å². The zero-order valence-corrected chi connectivity index (χ0v) is 14.2. The summed E-state index contributed by atoms with van der Waals surface area (Å²) in [6.07, 6.45) is 3.17. The molecule has 1 heterocycles. The van der Waals surface area contributed by atoms with Crippen LogP contribution in [-0.4, -0.2) is 25.7 Å². The number of carbonyl (C=O) groups excluding carboxylic acids is 1. The zero-order chi connectivity index (χ0) is 15.0. The number of rotatable bonds is 3. The highest BCUT2D eigenvalue weighted by molar-refractivity contribution is 6.74. The lowest BCUT2D eigenvalue weighted by atomic mass is 9.86. The van der Waals surface area contributed by atoms with Crippen LogP contribution in [-0.2, 0) is 10.8 Å². The molecule has 2 rings (SSSR count). The second-order valence-corrected chi connectivity index (χ2v) is 12.1. The molecule has 0 unspecified atom stereocenters. The van der Waals surface area contributed by atoms with E-state index in [1.54, 1.807) is 6.20 Å². The molecule has 0 N–H and O–H groups in total. The van der Waals surface area contributed by atoms with Gasteiger partial charge in [0.1, 0.15) is 5.69 Å². The maximum atomic E-state index is 12.1. The van der Waals surface area contributed by atoms with E-state index in [9.17, 15) is 4.79 Å². The Balaban J connectivity index is 2.02. The summed E-state index contributed by atoms with van der Waals surface area (Å²) in [7, 11) is -1.73. The van der Waals surface area contributed by atoms with Gasteiger partial charge < -0.3 is 4.43 Å². The summed E-state index contributed by atoms with van der Waals surface area (Å²) in [5.41, 5.74) is 1.74. The highest BCUT2D eigenvalue weighted by Crippen LogP contribution is 2.37. The Labute approximate surface area is 122 Å². The molecule has 3 nitrogen and oxygen atoms in total. The second kappa shape index (κ2) is 5.41. The average molecular weight is 291 g/mol. The van der Waals surface area contributed by atoms with Gasteiger partial charge in [-0.15, -0.1) is 0 Å². The maximum Gasteiger partial charge on any atom is 0.191 e. The lowest BCUT2D eigenvalue weighted by molar-refractivity contribution is 0.0916. The fraction of sp³-hybridized carbons (Fsp3) is 0.625. The van der Waals surface area contributed by atoms with Gasteiger partial charge in [0.05, 0.1) is 0 Å². The number of carbonyl (C=O) groups is 1. The highest BCUT2D eigenvalue weighted by Gasteiger charge is 2.38. The summed E-state index contributed by atoms with van der Waals surface area (Å²) >= 11 is 0. The summed E-state index contributed by atoms with van der Waals surface area (Å²) in [6, 6.07) is 3.92. The molecule has 0 bridgehead atoms. The van der Waals surface area contributed by atoms with Crippen LogP contribution in [0.3, 0.4) is 0 Å². The predicted octanol–water partition coefficient (Wildman–Crippen LogP) is 3.85. The fourth-order valence-electron chi connectivity index (χ4n) is 2.26. The number of fused-ring (bicyclic) bond motifs is 1. The van der Waals surface area contributed by atoms with Crippen molar-refractivity contribution in [3.05, 3.63) is 29.6 Å². The first-order valence-corrected chi connectivity index (χ1v) is 10.2. The molecule has 0 aromatic carbocycles. The van der Waals surface area contributed by atoms with Crippen LogP contribution >= 0.6 is 0 Å². The van der Waals surface area contributed by atoms with E-state index in [4.69, 9.17) is 4.43 Å². The van der Waals surface area contributed by atoms with Gasteiger partial charge in [-0.05, 0) is 42.1 Å². The predicted molar refractivity (Wildman–Crippen MR) is 83.5 cm³/mol. The van der Waals surface area contributed by atoms with Crippen molar-refractivity contribution >= 4 is 14.1 Å². The quantitative estimate of drug-likeness (QED) is 0.794. The Hall–Kier alpha value is -1.00. The largest absolute Gasteiger partial charge is 0.417 e.